The van der Waals surface area contributed by atoms with Gasteiger partial charge in [0.1, 0.15) is 30.0 Å². The van der Waals surface area contributed by atoms with Crippen LogP contribution in [0.15, 0.2) is 0 Å². The van der Waals surface area contributed by atoms with Crippen molar-refractivity contribution in [2.75, 3.05) is 0 Å². The maximum Gasteiger partial charge on any atom is 0.312 e. The number of rotatable bonds is 15. The average molecular weight is 1240 g/mol. The zero-order valence-electron chi connectivity index (χ0n) is 59.9. The van der Waals surface area contributed by atoms with Gasteiger partial charge in [0, 0.05) is 5.41 Å². The van der Waals surface area contributed by atoms with Crippen molar-refractivity contribution in [2.24, 2.45) is 133 Å². The molecule has 0 aromatic carbocycles. The van der Waals surface area contributed by atoms with Gasteiger partial charge >= 0.3 is 29.8 Å². The quantitative estimate of drug-likeness (QED) is 0.0887. The van der Waals surface area contributed by atoms with E-state index in [9.17, 15) is 24.0 Å². The van der Waals surface area contributed by atoms with Crippen LogP contribution in [-0.2, 0) is 47.7 Å². The molecule has 15 rings (SSSR count). The van der Waals surface area contributed by atoms with E-state index < -0.39 is 0 Å². The molecule has 18 unspecified atom stereocenters. The van der Waals surface area contributed by atoms with Crippen LogP contribution in [0.1, 0.15) is 304 Å². The van der Waals surface area contributed by atoms with Crippen molar-refractivity contribution in [3.63, 3.8) is 0 Å². The standard InChI is InChI=1S/C18H28O2.2C16H26O2.C16H28O2.C13H22O2/c1-4-18(2,3)17(19)20-14-9-12-8-13(14)16-11-6-5-10(7-11)15(12)16;1-4-15(2,3)14(17)18-16-8-11-5-12(9-16)7-13(6-11)10-16;1-4-16(2,3)15(17)18-14-9-10-8-13(14)12-7-5-6-11(10)12;1-7-14(2,3)13(17)18-12-10-11-8-9-16(12,6)15(11,4)5;1-4-13(2,3)12(14)15-11-8-9-5-6-10(11)7-9/h10-16H,4-9H2,1-3H3;11-13H,4-10H2,1-3H3;10-14H,4-9H2,1-3H3;11-12H,7-10H2,1-6H3;9-11H,4-8H2,1-3H3. The van der Waals surface area contributed by atoms with E-state index in [1.165, 1.54) is 109 Å². The average Bonchev–Trinajstić information content (AvgIpc) is 1.62. The molecule has 14 bridgehead atoms. The summed E-state index contributed by atoms with van der Waals surface area (Å²) in [6, 6.07) is 0. The molecule has 15 aliphatic carbocycles. The van der Waals surface area contributed by atoms with Crippen LogP contribution in [0.2, 0.25) is 0 Å². The van der Waals surface area contributed by atoms with Gasteiger partial charge in [0.15, 0.2) is 0 Å². The summed E-state index contributed by atoms with van der Waals surface area (Å²) in [6.07, 6.45) is 35.0. The summed E-state index contributed by atoms with van der Waals surface area (Å²) in [7, 11) is 0. The van der Waals surface area contributed by atoms with Crippen molar-refractivity contribution in [2.45, 2.75) is 334 Å². The smallest absolute Gasteiger partial charge is 0.312 e. The van der Waals surface area contributed by atoms with E-state index in [0.717, 1.165) is 148 Å². The Kier molecular flexibility index (Phi) is 20.1. The van der Waals surface area contributed by atoms with Gasteiger partial charge in [-0.05, 0) is 343 Å². The fourth-order valence-electron chi connectivity index (χ4n) is 21.8. The largest absolute Gasteiger partial charge is 0.462 e. The highest BCUT2D eigenvalue weighted by molar-refractivity contribution is 5.78. The van der Waals surface area contributed by atoms with Crippen LogP contribution in [0, 0.1) is 133 Å². The third kappa shape index (κ3) is 13.5. The van der Waals surface area contributed by atoms with E-state index in [1.54, 1.807) is 0 Å². The van der Waals surface area contributed by atoms with Crippen molar-refractivity contribution in [1.82, 2.24) is 0 Å². The van der Waals surface area contributed by atoms with E-state index in [-0.39, 0.29) is 92.4 Å². The minimum Gasteiger partial charge on any atom is -0.462 e. The monoisotopic (exact) mass is 1240 g/mol. The van der Waals surface area contributed by atoms with Gasteiger partial charge in [-0.1, -0.05) is 61.8 Å². The molecule has 0 radical (unpaired) electrons. The Bertz CT molecular complexity index is 2500. The van der Waals surface area contributed by atoms with Crippen molar-refractivity contribution in [3.8, 4) is 0 Å². The Morgan fingerprint density at radius 3 is 1.29 bits per heavy atom. The van der Waals surface area contributed by atoms with Crippen molar-refractivity contribution < 1.29 is 47.7 Å². The number of ether oxygens (including phenoxy) is 5. The zero-order valence-corrected chi connectivity index (χ0v) is 59.9. The second-order valence-corrected chi connectivity index (χ2v) is 37.2. The summed E-state index contributed by atoms with van der Waals surface area (Å²) in [5.74, 6) is 13.8. The van der Waals surface area contributed by atoms with Gasteiger partial charge in [-0.25, -0.2) is 0 Å². The summed E-state index contributed by atoms with van der Waals surface area (Å²) in [4.78, 5) is 61.1. The highest BCUT2D eigenvalue weighted by Gasteiger charge is 2.65. The first kappa shape index (κ1) is 69.2. The molecule has 18 atom stereocenters. The van der Waals surface area contributed by atoms with Crippen LogP contribution in [0.5, 0.6) is 0 Å². The van der Waals surface area contributed by atoms with E-state index in [4.69, 9.17) is 23.7 Å². The number of esters is 5. The fourth-order valence-corrected chi connectivity index (χ4v) is 21.8. The Morgan fingerprint density at radius 2 is 0.820 bits per heavy atom. The predicted molar refractivity (Wildman–Crippen MR) is 353 cm³/mol. The van der Waals surface area contributed by atoms with Crippen LogP contribution >= 0.6 is 0 Å². The van der Waals surface area contributed by atoms with Crippen molar-refractivity contribution >= 4 is 29.8 Å². The van der Waals surface area contributed by atoms with Crippen LogP contribution in [0.25, 0.3) is 0 Å². The van der Waals surface area contributed by atoms with Gasteiger partial charge in [0.25, 0.3) is 0 Å². The van der Waals surface area contributed by atoms with Gasteiger partial charge in [0.2, 0.25) is 0 Å². The third-order valence-electron chi connectivity index (χ3n) is 29.9. The lowest BCUT2D eigenvalue weighted by atomic mass is 9.54. The van der Waals surface area contributed by atoms with Gasteiger partial charge in [-0.3, -0.25) is 24.0 Å². The summed E-state index contributed by atoms with van der Waals surface area (Å²) in [6.45, 7) is 37.3. The van der Waals surface area contributed by atoms with E-state index in [2.05, 4.69) is 41.5 Å². The highest BCUT2D eigenvalue weighted by Crippen LogP contribution is 2.69. The number of hydrogen-bond acceptors (Lipinski definition) is 10. The highest BCUT2D eigenvalue weighted by atomic mass is 16.6. The first-order valence-corrected chi connectivity index (χ1v) is 37.7. The minimum absolute atomic E-state index is 0.00236. The maximum absolute atomic E-state index is 12.4. The molecular weight excluding hydrogens is 1110 g/mol. The predicted octanol–water partition coefficient (Wildman–Crippen LogP) is 19.1. The number of fused-ring (bicyclic) bond motifs is 18. The summed E-state index contributed by atoms with van der Waals surface area (Å²) < 4.78 is 29.5. The molecule has 89 heavy (non-hydrogen) atoms. The van der Waals surface area contributed by atoms with Gasteiger partial charge in [-0.2, -0.15) is 0 Å². The molecule has 0 aliphatic heterocycles. The van der Waals surface area contributed by atoms with Crippen molar-refractivity contribution in [1.29, 1.82) is 0 Å². The van der Waals surface area contributed by atoms with Crippen LogP contribution < -0.4 is 0 Å². The Balaban J connectivity index is 0.000000123. The Labute approximate surface area is 542 Å². The second kappa shape index (κ2) is 25.8. The lowest BCUT2D eigenvalue weighted by molar-refractivity contribution is -0.196. The number of carbonyl (C=O) groups excluding carboxylic acids is 5. The molecule has 15 saturated carbocycles. The molecule has 15 fully saturated rings. The molecular formula is C79H130O10. The zero-order chi connectivity index (χ0) is 64.8. The lowest BCUT2D eigenvalue weighted by Gasteiger charge is -2.56. The van der Waals surface area contributed by atoms with Gasteiger partial charge < -0.3 is 23.7 Å². The first-order valence-electron chi connectivity index (χ1n) is 37.7. The molecule has 15 aliphatic rings. The number of hydrogen-bond donors (Lipinski definition) is 0. The van der Waals surface area contributed by atoms with Gasteiger partial charge in [-0.15, -0.1) is 0 Å². The molecule has 0 aromatic heterocycles. The summed E-state index contributed by atoms with van der Waals surface area (Å²) >= 11 is 0. The van der Waals surface area contributed by atoms with Crippen LogP contribution in [0.3, 0.4) is 0 Å². The minimum atomic E-state index is -0.345. The SMILES string of the molecule is CCC(C)(C)C(=O)OC12CC3CC(CC(C3)C1)C2.CCC(C)(C)C(=O)OC1CC2CC1C1C3CCC(C3)C21.CCC(C)(C)C(=O)OC1CC2CC1C1CCCC21.CCC(C)(C)C(=O)OC1CC2CCC1(C)C2(C)C.CCC(C)(C)C(=O)OC1CC2CCC1C2. The van der Waals surface area contributed by atoms with E-state index in [1.807, 2.05) is 83.1 Å². The van der Waals surface area contributed by atoms with E-state index >= 15 is 0 Å². The molecule has 0 N–H and O–H groups in total. The molecule has 0 amide bonds. The second-order valence-electron chi connectivity index (χ2n) is 37.2. The molecule has 10 nitrogen and oxygen atoms in total. The van der Waals surface area contributed by atoms with Crippen LogP contribution in [-0.4, -0.2) is 59.9 Å². The molecule has 0 saturated heterocycles. The van der Waals surface area contributed by atoms with Crippen molar-refractivity contribution in [3.05, 3.63) is 0 Å². The van der Waals surface area contributed by atoms with E-state index in [0.29, 0.717) is 23.2 Å². The Morgan fingerprint density at radius 1 is 0.371 bits per heavy atom. The molecule has 0 aromatic rings. The summed E-state index contributed by atoms with van der Waals surface area (Å²) in [5, 5.41) is 0. The summed E-state index contributed by atoms with van der Waals surface area (Å²) in [5.41, 5.74) is -1.16. The number of carbonyl (C=O) groups is 5. The molecule has 0 heterocycles. The van der Waals surface area contributed by atoms with Crippen LogP contribution in [0.4, 0.5) is 0 Å². The topological polar surface area (TPSA) is 132 Å². The third-order valence-corrected chi connectivity index (χ3v) is 29.9. The normalized spacial score (nSPS) is 41.4. The fraction of sp³-hybridized carbons (Fsp3) is 0.937. The Hall–Kier alpha value is -2.65. The molecule has 0 spiro atoms. The maximum atomic E-state index is 12.4. The first-order chi connectivity index (χ1) is 41.6. The molecule has 10 heteroatoms. The van der Waals surface area contributed by atoms with Gasteiger partial charge in [0.05, 0.1) is 27.1 Å². The molecule has 506 valence electrons. The lowest BCUT2D eigenvalue weighted by Crippen LogP contribution is -2.53.